The molecule has 1 aromatic heterocycles. The Bertz CT molecular complexity index is 579. The number of hydrogen-bond acceptors (Lipinski definition) is 5. The molecule has 0 amide bonds. The summed E-state index contributed by atoms with van der Waals surface area (Å²) in [6.07, 6.45) is 16.1. The molecule has 2 saturated heterocycles. The fourth-order valence-corrected chi connectivity index (χ4v) is 5.51. The third-order valence-corrected chi connectivity index (χ3v) is 7.18. The van der Waals surface area contributed by atoms with E-state index in [2.05, 4.69) is 9.80 Å². The van der Waals surface area contributed by atoms with Gasteiger partial charge in [0, 0.05) is 56.7 Å². The van der Waals surface area contributed by atoms with Crippen molar-refractivity contribution < 1.29 is 5.11 Å². The Morgan fingerprint density at radius 2 is 1.46 bits per heavy atom. The van der Waals surface area contributed by atoms with Gasteiger partial charge in [0.15, 0.2) is 0 Å². The quantitative estimate of drug-likeness (QED) is 0.812. The Labute approximate surface area is 170 Å². The van der Waals surface area contributed by atoms with E-state index in [0.29, 0.717) is 24.4 Å². The van der Waals surface area contributed by atoms with Gasteiger partial charge in [0.25, 0.3) is 0 Å². The highest BCUT2D eigenvalue weighted by atomic mass is 16.3. The zero-order valence-corrected chi connectivity index (χ0v) is 17.4. The minimum atomic E-state index is 0.312. The number of aromatic nitrogens is 2. The Morgan fingerprint density at radius 3 is 2.14 bits per heavy atom. The number of rotatable bonds is 6. The summed E-state index contributed by atoms with van der Waals surface area (Å²) in [5, 5.41) is 9.92. The molecule has 1 aromatic rings. The van der Waals surface area contributed by atoms with Crippen LogP contribution in [0.2, 0.25) is 0 Å². The van der Waals surface area contributed by atoms with Gasteiger partial charge in [0.05, 0.1) is 0 Å². The Balaban J connectivity index is 1.30. The number of hydrogen-bond donors (Lipinski definition) is 1. The van der Waals surface area contributed by atoms with Crippen LogP contribution >= 0.6 is 0 Å². The molecule has 3 heterocycles. The molecule has 156 valence electrons. The molecule has 1 saturated carbocycles. The molecule has 0 unspecified atom stereocenters. The molecular weight excluding hydrogens is 348 g/mol. The van der Waals surface area contributed by atoms with E-state index in [0.717, 1.165) is 32.0 Å². The van der Waals surface area contributed by atoms with Gasteiger partial charge in [-0.3, -0.25) is 4.90 Å². The predicted molar refractivity (Wildman–Crippen MR) is 112 cm³/mol. The molecule has 0 spiro atoms. The van der Waals surface area contributed by atoms with Crippen molar-refractivity contribution in [3.8, 4) is 0 Å². The minimum absolute atomic E-state index is 0.312. The molecule has 1 aliphatic carbocycles. The third kappa shape index (κ3) is 5.31. The van der Waals surface area contributed by atoms with Crippen LogP contribution in [0.25, 0.3) is 0 Å². The van der Waals surface area contributed by atoms with Crippen molar-refractivity contribution in [1.82, 2.24) is 19.8 Å². The normalized spacial score (nSPS) is 28.5. The second-order valence-corrected chi connectivity index (χ2v) is 9.40. The largest absolute Gasteiger partial charge is 0.396 e. The SMILES string of the molecule is OC[C@H]1CN(Cc2cnc(C3CCCCC3)nc2)C[C@H]1CN1CCCCCC1. The molecule has 2 atom stereocenters. The van der Waals surface area contributed by atoms with E-state index < -0.39 is 0 Å². The molecule has 5 nitrogen and oxygen atoms in total. The third-order valence-electron chi connectivity index (χ3n) is 7.18. The van der Waals surface area contributed by atoms with E-state index in [9.17, 15) is 5.11 Å². The Kier molecular flexibility index (Phi) is 7.32. The van der Waals surface area contributed by atoms with Crippen LogP contribution in [0.1, 0.15) is 75.1 Å². The van der Waals surface area contributed by atoms with Gasteiger partial charge >= 0.3 is 0 Å². The Morgan fingerprint density at radius 1 is 0.821 bits per heavy atom. The summed E-state index contributed by atoms with van der Waals surface area (Å²) in [5.41, 5.74) is 1.21. The number of likely N-dealkylation sites (tertiary alicyclic amines) is 2. The first kappa shape index (κ1) is 20.2. The van der Waals surface area contributed by atoms with Gasteiger partial charge in [-0.15, -0.1) is 0 Å². The summed E-state index contributed by atoms with van der Waals surface area (Å²) in [4.78, 5) is 14.6. The summed E-state index contributed by atoms with van der Waals surface area (Å²) in [7, 11) is 0. The standard InChI is InChI=1S/C23H38N4O/c28-18-22-17-27(16-21(22)15-26-10-6-1-2-7-11-26)14-19-12-24-23(25-13-19)20-8-4-3-5-9-20/h12-13,20-22,28H,1-11,14-18H2/t21-,22-/m1/s1. The monoisotopic (exact) mass is 386 g/mol. The number of nitrogens with zero attached hydrogens (tertiary/aromatic N) is 4. The van der Waals surface area contributed by atoms with Crippen LogP contribution in [0.3, 0.4) is 0 Å². The van der Waals surface area contributed by atoms with Crippen molar-refractivity contribution in [3.63, 3.8) is 0 Å². The van der Waals surface area contributed by atoms with Crippen LogP contribution in [0.5, 0.6) is 0 Å². The second kappa shape index (κ2) is 10.1. The van der Waals surface area contributed by atoms with Gasteiger partial charge in [-0.1, -0.05) is 32.1 Å². The fourth-order valence-electron chi connectivity index (χ4n) is 5.51. The van der Waals surface area contributed by atoms with E-state index in [4.69, 9.17) is 9.97 Å². The molecule has 1 N–H and O–H groups in total. The summed E-state index contributed by atoms with van der Waals surface area (Å²) >= 11 is 0. The topological polar surface area (TPSA) is 52.5 Å². The Hall–Kier alpha value is -1.04. The van der Waals surface area contributed by atoms with Crippen LogP contribution in [-0.2, 0) is 6.54 Å². The zero-order chi connectivity index (χ0) is 19.2. The summed E-state index contributed by atoms with van der Waals surface area (Å²) in [5.74, 6) is 2.62. The fraction of sp³-hybridized carbons (Fsp3) is 0.826. The molecule has 2 aliphatic heterocycles. The molecule has 4 rings (SSSR count). The van der Waals surface area contributed by atoms with Crippen molar-refractivity contribution in [2.75, 3.05) is 39.3 Å². The maximum atomic E-state index is 9.92. The average Bonchev–Trinajstić information content (AvgIpc) is 2.93. The zero-order valence-electron chi connectivity index (χ0n) is 17.4. The lowest BCUT2D eigenvalue weighted by molar-refractivity contribution is 0.165. The van der Waals surface area contributed by atoms with E-state index >= 15 is 0 Å². The number of aliphatic hydroxyl groups is 1. The highest BCUT2D eigenvalue weighted by molar-refractivity contribution is 5.08. The van der Waals surface area contributed by atoms with Crippen LogP contribution in [0, 0.1) is 11.8 Å². The lowest BCUT2D eigenvalue weighted by Crippen LogP contribution is -2.34. The van der Waals surface area contributed by atoms with Crippen LogP contribution in [-0.4, -0.2) is 64.2 Å². The maximum Gasteiger partial charge on any atom is 0.131 e. The van der Waals surface area contributed by atoms with Crippen LogP contribution < -0.4 is 0 Å². The van der Waals surface area contributed by atoms with Gasteiger partial charge in [0.2, 0.25) is 0 Å². The summed E-state index contributed by atoms with van der Waals surface area (Å²) in [6, 6.07) is 0. The number of aliphatic hydroxyl groups excluding tert-OH is 1. The molecule has 5 heteroatoms. The maximum absolute atomic E-state index is 9.92. The smallest absolute Gasteiger partial charge is 0.131 e. The lowest BCUT2D eigenvalue weighted by atomic mass is 9.89. The summed E-state index contributed by atoms with van der Waals surface area (Å²) in [6.45, 7) is 6.95. The van der Waals surface area contributed by atoms with Gasteiger partial charge in [-0.05, 0) is 50.6 Å². The van der Waals surface area contributed by atoms with Crippen molar-refractivity contribution in [2.45, 2.75) is 70.3 Å². The highest BCUT2D eigenvalue weighted by Crippen LogP contribution is 2.31. The van der Waals surface area contributed by atoms with Crippen molar-refractivity contribution in [2.24, 2.45) is 11.8 Å². The first-order valence-electron chi connectivity index (χ1n) is 11.7. The molecule has 0 bridgehead atoms. The molecule has 0 radical (unpaired) electrons. The molecular formula is C23H38N4O. The molecule has 3 fully saturated rings. The van der Waals surface area contributed by atoms with Crippen LogP contribution in [0.4, 0.5) is 0 Å². The molecule has 0 aromatic carbocycles. The van der Waals surface area contributed by atoms with E-state index in [1.807, 2.05) is 12.4 Å². The van der Waals surface area contributed by atoms with E-state index in [1.54, 1.807) is 0 Å². The van der Waals surface area contributed by atoms with E-state index in [1.165, 1.54) is 76.4 Å². The average molecular weight is 387 g/mol. The second-order valence-electron chi connectivity index (χ2n) is 9.40. The summed E-state index contributed by atoms with van der Waals surface area (Å²) < 4.78 is 0. The van der Waals surface area contributed by atoms with E-state index in [-0.39, 0.29) is 0 Å². The van der Waals surface area contributed by atoms with Crippen molar-refractivity contribution in [1.29, 1.82) is 0 Å². The molecule has 28 heavy (non-hydrogen) atoms. The van der Waals surface area contributed by atoms with Gasteiger partial charge in [0.1, 0.15) is 5.82 Å². The van der Waals surface area contributed by atoms with Crippen molar-refractivity contribution >= 4 is 0 Å². The van der Waals surface area contributed by atoms with Gasteiger partial charge < -0.3 is 10.0 Å². The minimum Gasteiger partial charge on any atom is -0.396 e. The van der Waals surface area contributed by atoms with Gasteiger partial charge in [-0.25, -0.2) is 9.97 Å². The van der Waals surface area contributed by atoms with Crippen molar-refractivity contribution in [3.05, 3.63) is 23.8 Å². The lowest BCUT2D eigenvalue weighted by Gasteiger charge is -2.26. The van der Waals surface area contributed by atoms with Gasteiger partial charge in [-0.2, -0.15) is 0 Å². The first-order valence-corrected chi connectivity index (χ1v) is 11.7. The highest BCUT2D eigenvalue weighted by Gasteiger charge is 2.33. The first-order chi connectivity index (χ1) is 13.8. The predicted octanol–water partition coefficient (Wildman–Crippen LogP) is 3.44. The van der Waals surface area contributed by atoms with Crippen LogP contribution in [0.15, 0.2) is 12.4 Å². The molecule has 3 aliphatic rings.